The average Bonchev–Trinajstić information content (AvgIpc) is 2.87. The van der Waals surface area contributed by atoms with Gasteiger partial charge >= 0.3 is 0 Å². The van der Waals surface area contributed by atoms with E-state index in [0.717, 1.165) is 27.1 Å². The lowest BCUT2D eigenvalue weighted by Crippen LogP contribution is -2.16. The van der Waals surface area contributed by atoms with E-state index in [1.165, 1.54) is 0 Å². The van der Waals surface area contributed by atoms with E-state index in [4.69, 9.17) is 0 Å². The predicted octanol–water partition coefficient (Wildman–Crippen LogP) is 4.22. The number of hydrogen-bond acceptors (Lipinski definition) is 2. The van der Waals surface area contributed by atoms with Gasteiger partial charge in [-0.15, -0.1) is 0 Å². The van der Waals surface area contributed by atoms with Crippen molar-refractivity contribution >= 4 is 33.2 Å². The second-order valence-corrected chi connectivity index (χ2v) is 6.07. The normalized spacial score (nSPS) is 10.9. The van der Waals surface area contributed by atoms with Gasteiger partial charge in [0.15, 0.2) is 0 Å². The summed E-state index contributed by atoms with van der Waals surface area (Å²) in [6.07, 6.45) is 2.57. The summed E-state index contributed by atoms with van der Waals surface area (Å²) in [6.45, 7) is 4.02. The smallest absolute Gasteiger partial charge is 0.274 e. The number of aromatic nitrogens is 2. The van der Waals surface area contributed by atoms with Gasteiger partial charge in [0, 0.05) is 16.4 Å². The Morgan fingerprint density at radius 3 is 2.64 bits per heavy atom. The fourth-order valence-corrected chi connectivity index (χ4v) is 2.72. The Morgan fingerprint density at radius 1 is 1.23 bits per heavy atom. The van der Waals surface area contributed by atoms with Crippen LogP contribution in [-0.4, -0.2) is 15.3 Å². The van der Waals surface area contributed by atoms with Gasteiger partial charge in [-0.2, -0.15) is 0 Å². The van der Waals surface area contributed by atoms with Crippen LogP contribution in [0.5, 0.6) is 0 Å². The molecule has 0 unspecified atom stereocenters. The molecule has 112 valence electrons. The molecule has 0 aliphatic carbocycles. The number of carbonyl (C=O) groups is 1. The molecule has 22 heavy (non-hydrogen) atoms. The Bertz CT molecular complexity index is 837. The van der Waals surface area contributed by atoms with Crippen LogP contribution in [0.3, 0.4) is 0 Å². The molecule has 4 nitrogen and oxygen atoms in total. The van der Waals surface area contributed by atoms with Crippen molar-refractivity contribution in [2.75, 3.05) is 5.32 Å². The molecule has 0 aliphatic rings. The van der Waals surface area contributed by atoms with Crippen LogP contribution in [0.25, 0.3) is 5.65 Å². The van der Waals surface area contributed by atoms with Gasteiger partial charge in [0.25, 0.3) is 5.91 Å². The van der Waals surface area contributed by atoms with Gasteiger partial charge in [-0.25, -0.2) is 4.98 Å². The van der Waals surface area contributed by atoms with E-state index in [0.29, 0.717) is 12.1 Å². The molecule has 5 heteroatoms. The fourth-order valence-electron chi connectivity index (χ4n) is 2.38. The number of halogens is 1. The maximum atomic E-state index is 12.7. The van der Waals surface area contributed by atoms with Crippen LogP contribution < -0.4 is 5.32 Å². The molecule has 2 heterocycles. The summed E-state index contributed by atoms with van der Waals surface area (Å²) in [5, 5.41) is 2.94. The molecule has 0 radical (unpaired) electrons. The topological polar surface area (TPSA) is 46.4 Å². The van der Waals surface area contributed by atoms with E-state index < -0.39 is 0 Å². The van der Waals surface area contributed by atoms with Crippen molar-refractivity contribution in [2.24, 2.45) is 0 Å². The van der Waals surface area contributed by atoms with Crippen LogP contribution >= 0.6 is 15.9 Å². The second-order valence-electron chi connectivity index (χ2n) is 5.16. The van der Waals surface area contributed by atoms with E-state index >= 15 is 0 Å². The Kier molecular flexibility index (Phi) is 3.98. The second kappa shape index (κ2) is 5.93. The van der Waals surface area contributed by atoms with Crippen LogP contribution in [-0.2, 0) is 6.42 Å². The van der Waals surface area contributed by atoms with Crippen LogP contribution in [0.4, 0.5) is 5.69 Å². The first-order valence-electron chi connectivity index (χ1n) is 7.13. The molecule has 0 aliphatic heterocycles. The van der Waals surface area contributed by atoms with Crippen molar-refractivity contribution in [3.63, 3.8) is 0 Å². The van der Waals surface area contributed by atoms with Crippen molar-refractivity contribution in [3.05, 3.63) is 64.0 Å². The third-order valence-electron chi connectivity index (χ3n) is 3.51. The molecule has 3 aromatic rings. The highest BCUT2D eigenvalue weighted by Gasteiger charge is 2.18. The van der Waals surface area contributed by atoms with Crippen LogP contribution in [0.15, 0.2) is 47.1 Å². The number of fused-ring (bicyclic) bond motifs is 1. The molecule has 0 spiro atoms. The molecule has 0 fully saturated rings. The van der Waals surface area contributed by atoms with Gasteiger partial charge in [-0.3, -0.25) is 9.20 Å². The standard InChI is InChI=1S/C17H16BrN3O/c1-3-14-16(21-10-12(18)6-9-15(21)20-14)17(22)19-13-7-4-11(2)5-8-13/h4-10H,3H2,1-2H3,(H,19,22). The minimum atomic E-state index is -0.147. The van der Waals surface area contributed by atoms with Crippen molar-refractivity contribution in [2.45, 2.75) is 20.3 Å². The first-order chi connectivity index (χ1) is 10.6. The number of benzene rings is 1. The van der Waals surface area contributed by atoms with Gasteiger partial charge in [0.2, 0.25) is 0 Å². The molecule has 1 aromatic carbocycles. The third-order valence-corrected chi connectivity index (χ3v) is 3.98. The molecule has 1 N–H and O–H groups in total. The van der Waals surface area contributed by atoms with E-state index in [1.807, 2.05) is 60.8 Å². The zero-order valence-electron chi connectivity index (χ0n) is 12.4. The number of aryl methyl sites for hydroxylation is 2. The average molecular weight is 358 g/mol. The summed E-state index contributed by atoms with van der Waals surface area (Å²) in [7, 11) is 0. The van der Waals surface area contributed by atoms with Gasteiger partial charge in [0.1, 0.15) is 11.3 Å². The fraction of sp³-hybridized carbons (Fsp3) is 0.176. The Labute approximate surface area is 137 Å². The Morgan fingerprint density at radius 2 is 1.95 bits per heavy atom. The number of carbonyl (C=O) groups excluding carboxylic acids is 1. The van der Waals surface area contributed by atoms with Gasteiger partial charge in [-0.05, 0) is 53.5 Å². The predicted molar refractivity (Wildman–Crippen MR) is 91.4 cm³/mol. The highest BCUT2D eigenvalue weighted by atomic mass is 79.9. The number of amides is 1. The molecular weight excluding hydrogens is 342 g/mol. The SMILES string of the molecule is CCc1nc2ccc(Br)cn2c1C(=O)Nc1ccc(C)cc1. The summed E-state index contributed by atoms with van der Waals surface area (Å²) < 4.78 is 2.73. The third kappa shape index (κ3) is 2.76. The number of nitrogens with one attached hydrogen (secondary N) is 1. The molecule has 0 saturated carbocycles. The van der Waals surface area contributed by atoms with E-state index in [1.54, 1.807) is 0 Å². The first-order valence-corrected chi connectivity index (χ1v) is 7.92. The molecule has 0 bridgehead atoms. The Balaban J connectivity index is 2.02. The lowest BCUT2D eigenvalue weighted by atomic mass is 10.2. The lowest BCUT2D eigenvalue weighted by molar-refractivity contribution is 0.102. The van der Waals surface area contributed by atoms with Crippen molar-refractivity contribution < 1.29 is 4.79 Å². The van der Waals surface area contributed by atoms with Crippen molar-refractivity contribution in [3.8, 4) is 0 Å². The number of hydrogen-bond donors (Lipinski definition) is 1. The van der Waals surface area contributed by atoms with Gasteiger partial charge in [0.05, 0.1) is 5.69 Å². The van der Waals surface area contributed by atoms with Crippen LogP contribution in [0.1, 0.15) is 28.7 Å². The quantitative estimate of drug-likeness (QED) is 0.762. The zero-order chi connectivity index (χ0) is 15.7. The molecule has 1 amide bonds. The van der Waals surface area contributed by atoms with Crippen molar-refractivity contribution in [1.82, 2.24) is 9.38 Å². The van der Waals surface area contributed by atoms with Crippen molar-refractivity contribution in [1.29, 1.82) is 0 Å². The minimum Gasteiger partial charge on any atom is -0.321 e. The number of nitrogens with zero attached hydrogens (tertiary/aromatic N) is 2. The largest absolute Gasteiger partial charge is 0.321 e. The molecule has 2 aromatic heterocycles. The van der Waals surface area contributed by atoms with E-state index in [9.17, 15) is 4.79 Å². The van der Waals surface area contributed by atoms with E-state index in [2.05, 4.69) is 26.2 Å². The highest BCUT2D eigenvalue weighted by molar-refractivity contribution is 9.10. The van der Waals surface area contributed by atoms with E-state index in [-0.39, 0.29) is 5.91 Å². The summed E-state index contributed by atoms with van der Waals surface area (Å²) in [5.74, 6) is -0.147. The van der Waals surface area contributed by atoms with Gasteiger partial charge in [-0.1, -0.05) is 24.6 Å². The molecule has 0 atom stereocenters. The zero-order valence-corrected chi connectivity index (χ0v) is 14.0. The summed E-state index contributed by atoms with van der Waals surface area (Å²) in [4.78, 5) is 17.2. The monoisotopic (exact) mass is 357 g/mol. The maximum absolute atomic E-state index is 12.7. The van der Waals surface area contributed by atoms with Crippen LogP contribution in [0, 0.1) is 6.92 Å². The highest BCUT2D eigenvalue weighted by Crippen LogP contribution is 2.19. The number of imidazole rings is 1. The summed E-state index contributed by atoms with van der Waals surface area (Å²) in [6, 6.07) is 11.6. The number of rotatable bonds is 3. The summed E-state index contributed by atoms with van der Waals surface area (Å²) >= 11 is 3.44. The number of anilines is 1. The first kappa shape index (κ1) is 14.8. The summed E-state index contributed by atoms with van der Waals surface area (Å²) in [5.41, 5.74) is 4.09. The molecule has 3 rings (SSSR count). The minimum absolute atomic E-state index is 0.147. The maximum Gasteiger partial charge on any atom is 0.274 e. The van der Waals surface area contributed by atoms with Gasteiger partial charge < -0.3 is 5.32 Å². The molecule has 0 saturated heterocycles. The molecular formula is C17H16BrN3O. The lowest BCUT2D eigenvalue weighted by Gasteiger charge is -2.07. The van der Waals surface area contributed by atoms with Crippen LogP contribution in [0.2, 0.25) is 0 Å². The number of pyridine rings is 1. The Hall–Kier alpha value is -2.14.